The summed E-state index contributed by atoms with van der Waals surface area (Å²) in [6.45, 7) is 0.670. The van der Waals surface area contributed by atoms with Gasteiger partial charge in [0.25, 0.3) is 0 Å². The summed E-state index contributed by atoms with van der Waals surface area (Å²) in [5.74, 6) is 0.0385. The van der Waals surface area contributed by atoms with E-state index >= 15 is 0 Å². The summed E-state index contributed by atoms with van der Waals surface area (Å²) in [6.07, 6.45) is 4.14. The van der Waals surface area contributed by atoms with E-state index in [2.05, 4.69) is 16.3 Å². The first-order chi connectivity index (χ1) is 9.34. The minimum Gasteiger partial charge on any atom is -0.373 e. The largest absolute Gasteiger partial charge is 0.373 e. The molecule has 0 saturated carbocycles. The van der Waals surface area contributed by atoms with Crippen molar-refractivity contribution in [2.75, 3.05) is 6.61 Å². The highest BCUT2D eigenvalue weighted by molar-refractivity contribution is 5.96. The van der Waals surface area contributed by atoms with Crippen molar-refractivity contribution in [3.05, 3.63) is 59.4 Å². The van der Waals surface area contributed by atoms with Crippen molar-refractivity contribution >= 4 is 5.78 Å². The van der Waals surface area contributed by atoms with Gasteiger partial charge in [0.1, 0.15) is 0 Å². The second kappa shape index (κ2) is 5.28. The quantitative estimate of drug-likeness (QED) is 0.789. The lowest BCUT2D eigenvalue weighted by atomic mass is 9.93. The van der Waals surface area contributed by atoms with Gasteiger partial charge in [-0.05, 0) is 23.6 Å². The Morgan fingerprint density at radius 2 is 2.16 bits per heavy atom. The molecule has 0 saturated heterocycles. The summed E-state index contributed by atoms with van der Waals surface area (Å²) in [7, 11) is 0. The zero-order valence-electron chi connectivity index (χ0n) is 10.5. The van der Waals surface area contributed by atoms with Gasteiger partial charge in [0.15, 0.2) is 5.78 Å². The lowest BCUT2D eigenvalue weighted by molar-refractivity contribution is 0.0352. The van der Waals surface area contributed by atoms with Crippen molar-refractivity contribution < 1.29 is 9.53 Å². The van der Waals surface area contributed by atoms with Crippen molar-refractivity contribution in [1.82, 2.24) is 10.2 Å². The Balaban J connectivity index is 1.80. The van der Waals surface area contributed by atoms with Gasteiger partial charge in [-0.25, -0.2) is 0 Å². The van der Waals surface area contributed by atoms with E-state index in [1.54, 1.807) is 6.07 Å². The normalized spacial score (nSPS) is 17.8. The molecule has 19 heavy (non-hydrogen) atoms. The van der Waals surface area contributed by atoms with Gasteiger partial charge in [-0.15, -0.1) is 0 Å². The molecule has 0 aliphatic carbocycles. The van der Waals surface area contributed by atoms with Crippen LogP contribution >= 0.6 is 0 Å². The van der Waals surface area contributed by atoms with E-state index in [4.69, 9.17) is 4.74 Å². The third-order valence-electron chi connectivity index (χ3n) is 3.37. The number of benzene rings is 1. The van der Waals surface area contributed by atoms with Crippen LogP contribution in [0.1, 0.15) is 34.0 Å². The maximum Gasteiger partial charge on any atom is 0.167 e. The van der Waals surface area contributed by atoms with E-state index in [0.717, 1.165) is 12.0 Å². The number of carbonyl (C=O) groups excluding carboxylic acids is 1. The molecule has 96 valence electrons. The summed E-state index contributed by atoms with van der Waals surface area (Å²) < 4.78 is 5.74. The number of Topliss-reactive ketones (excluding diaryl/α,β-unsaturated/α-hetero) is 1. The van der Waals surface area contributed by atoms with Crippen LogP contribution in [0.15, 0.2) is 42.7 Å². The summed E-state index contributed by atoms with van der Waals surface area (Å²) in [5.41, 5.74) is 2.99. The average Bonchev–Trinajstić information content (AvgIpc) is 2.48. The zero-order chi connectivity index (χ0) is 13.1. The van der Waals surface area contributed by atoms with Gasteiger partial charge in [0.2, 0.25) is 0 Å². The molecule has 3 rings (SSSR count). The Morgan fingerprint density at radius 1 is 1.26 bits per heavy atom. The van der Waals surface area contributed by atoms with Gasteiger partial charge < -0.3 is 4.74 Å². The van der Waals surface area contributed by atoms with Gasteiger partial charge in [-0.2, -0.15) is 10.2 Å². The molecule has 1 aliphatic rings. The summed E-state index contributed by atoms with van der Waals surface area (Å²) >= 11 is 0. The molecule has 1 aromatic heterocycles. The first-order valence-corrected chi connectivity index (χ1v) is 6.34. The number of nitrogens with zero attached hydrogens (tertiary/aromatic N) is 2. The molecule has 4 nitrogen and oxygen atoms in total. The fourth-order valence-electron chi connectivity index (χ4n) is 2.39. The molecular weight excluding hydrogens is 240 g/mol. The van der Waals surface area contributed by atoms with Crippen LogP contribution in [0.5, 0.6) is 0 Å². The molecular formula is C15H14N2O2. The summed E-state index contributed by atoms with van der Waals surface area (Å²) in [5, 5.41) is 7.41. The highest BCUT2D eigenvalue weighted by Crippen LogP contribution is 2.30. The highest BCUT2D eigenvalue weighted by Gasteiger charge is 2.23. The molecule has 0 spiro atoms. The smallest absolute Gasteiger partial charge is 0.167 e. The van der Waals surface area contributed by atoms with E-state index in [9.17, 15) is 4.79 Å². The average molecular weight is 254 g/mol. The van der Waals surface area contributed by atoms with Crippen LogP contribution in [0.2, 0.25) is 0 Å². The Hall–Kier alpha value is -2.07. The van der Waals surface area contributed by atoms with Crippen LogP contribution < -0.4 is 0 Å². The van der Waals surface area contributed by atoms with Gasteiger partial charge in [-0.1, -0.05) is 24.3 Å². The Morgan fingerprint density at radius 3 is 3.00 bits per heavy atom. The first kappa shape index (κ1) is 12.0. The molecule has 0 bridgehead atoms. The molecule has 2 heterocycles. The number of aromatic nitrogens is 2. The number of rotatable bonds is 3. The summed E-state index contributed by atoms with van der Waals surface area (Å²) in [4.78, 5) is 12.2. The van der Waals surface area contributed by atoms with Crippen molar-refractivity contribution in [2.24, 2.45) is 0 Å². The molecule has 0 fully saturated rings. The highest BCUT2D eigenvalue weighted by atomic mass is 16.5. The second-order valence-electron chi connectivity index (χ2n) is 4.57. The van der Waals surface area contributed by atoms with Gasteiger partial charge in [0.05, 0.1) is 25.1 Å². The third-order valence-corrected chi connectivity index (χ3v) is 3.37. The number of hydrogen-bond acceptors (Lipinski definition) is 4. The maximum atomic E-state index is 12.2. The second-order valence-corrected chi connectivity index (χ2v) is 4.57. The van der Waals surface area contributed by atoms with E-state index in [1.165, 1.54) is 18.0 Å². The van der Waals surface area contributed by atoms with Crippen LogP contribution in [0.25, 0.3) is 0 Å². The minimum atomic E-state index is -0.148. The lowest BCUT2D eigenvalue weighted by Crippen LogP contribution is -2.19. The molecule has 1 atom stereocenters. The van der Waals surface area contributed by atoms with Crippen LogP contribution in [-0.4, -0.2) is 22.6 Å². The van der Waals surface area contributed by atoms with Crippen molar-refractivity contribution in [2.45, 2.75) is 18.9 Å². The molecule has 1 aliphatic heterocycles. The third kappa shape index (κ3) is 2.53. The topological polar surface area (TPSA) is 52.1 Å². The number of fused-ring (bicyclic) bond motifs is 1. The molecule has 0 radical (unpaired) electrons. The number of carbonyl (C=O) groups is 1. The minimum absolute atomic E-state index is 0.0385. The Bertz CT molecular complexity index is 584. The van der Waals surface area contributed by atoms with Crippen molar-refractivity contribution in [3.63, 3.8) is 0 Å². The molecule has 4 heteroatoms. The zero-order valence-corrected chi connectivity index (χ0v) is 10.5. The molecule has 2 aromatic rings. The van der Waals surface area contributed by atoms with Gasteiger partial charge in [0, 0.05) is 12.0 Å². The Labute approximate surface area is 111 Å². The predicted molar refractivity (Wildman–Crippen MR) is 69.8 cm³/mol. The lowest BCUT2D eigenvalue weighted by Gasteiger charge is -2.25. The molecule has 0 N–H and O–H groups in total. The monoisotopic (exact) mass is 254 g/mol. The first-order valence-electron chi connectivity index (χ1n) is 6.34. The van der Waals surface area contributed by atoms with E-state index < -0.39 is 0 Å². The standard InChI is InChI=1S/C15H14N2O2/c18-14(12-5-7-16-17-10-12)9-15-13-4-2-1-3-11(13)6-8-19-15/h1-5,7,10,15H,6,8-9H2. The number of ketones is 1. The number of ether oxygens (including phenoxy) is 1. The predicted octanol–water partition coefficient (Wildman–Crippen LogP) is 2.36. The molecule has 1 unspecified atom stereocenters. The maximum absolute atomic E-state index is 12.2. The van der Waals surface area contributed by atoms with Crippen LogP contribution in [0, 0.1) is 0 Å². The molecule has 1 aromatic carbocycles. The Kier molecular flexibility index (Phi) is 3.33. The fourth-order valence-corrected chi connectivity index (χ4v) is 2.39. The summed E-state index contributed by atoms with van der Waals surface area (Å²) in [6, 6.07) is 9.83. The van der Waals surface area contributed by atoms with E-state index in [0.29, 0.717) is 18.6 Å². The number of hydrogen-bond donors (Lipinski definition) is 0. The van der Waals surface area contributed by atoms with Crippen LogP contribution in [-0.2, 0) is 11.2 Å². The fraction of sp³-hybridized carbons (Fsp3) is 0.267. The van der Waals surface area contributed by atoms with Crippen LogP contribution in [0.4, 0.5) is 0 Å². The van der Waals surface area contributed by atoms with Crippen LogP contribution in [0.3, 0.4) is 0 Å². The van der Waals surface area contributed by atoms with Gasteiger partial charge in [-0.3, -0.25) is 4.79 Å². The van der Waals surface area contributed by atoms with Gasteiger partial charge >= 0.3 is 0 Å². The van der Waals surface area contributed by atoms with Crippen molar-refractivity contribution in [1.29, 1.82) is 0 Å². The van der Waals surface area contributed by atoms with E-state index in [-0.39, 0.29) is 11.9 Å². The SMILES string of the molecule is O=C(CC1OCCc2ccccc21)c1ccnnc1. The van der Waals surface area contributed by atoms with Crippen molar-refractivity contribution in [3.8, 4) is 0 Å². The van der Waals surface area contributed by atoms with E-state index in [1.807, 2.05) is 18.2 Å². The molecule has 0 amide bonds.